The zero-order valence-corrected chi connectivity index (χ0v) is 15.4. The SMILES string of the molecule is CN1CCc2[nH]cnc2C12CCN(C(=O)Cn1nc3ccccc3n1)CC2. The summed E-state index contributed by atoms with van der Waals surface area (Å²) in [5.74, 6) is 0.0749. The molecule has 0 saturated carbocycles. The van der Waals surface area contributed by atoms with Crippen molar-refractivity contribution in [1.82, 2.24) is 34.8 Å². The normalized spacial score (nSPS) is 19.5. The molecule has 2 aliphatic heterocycles. The molecular weight excluding hydrogens is 342 g/mol. The molecule has 2 aromatic heterocycles. The summed E-state index contributed by atoms with van der Waals surface area (Å²) in [7, 11) is 2.17. The van der Waals surface area contributed by atoms with E-state index in [4.69, 9.17) is 0 Å². The van der Waals surface area contributed by atoms with Crippen LogP contribution in [0.15, 0.2) is 30.6 Å². The fourth-order valence-electron chi connectivity index (χ4n) is 4.53. The maximum absolute atomic E-state index is 12.8. The van der Waals surface area contributed by atoms with Crippen molar-refractivity contribution in [2.75, 3.05) is 26.7 Å². The van der Waals surface area contributed by atoms with Gasteiger partial charge in [-0.15, -0.1) is 0 Å². The molecule has 0 bridgehead atoms. The fourth-order valence-corrected chi connectivity index (χ4v) is 4.53. The number of hydrogen-bond donors (Lipinski definition) is 1. The molecule has 0 radical (unpaired) electrons. The lowest BCUT2D eigenvalue weighted by atomic mass is 9.79. The van der Waals surface area contributed by atoms with E-state index in [2.05, 4.69) is 32.1 Å². The number of hydrogen-bond acceptors (Lipinski definition) is 5. The standard InChI is InChI=1S/C19H23N7O/c1-24-9-6-16-18(21-13-20-16)19(24)7-10-25(11-8-19)17(27)12-26-22-14-4-2-3-5-15(14)23-26/h2-5,13H,6-12H2,1H3,(H,20,21). The molecule has 1 amide bonds. The molecule has 0 aliphatic carbocycles. The van der Waals surface area contributed by atoms with E-state index in [-0.39, 0.29) is 18.0 Å². The van der Waals surface area contributed by atoms with Crippen molar-refractivity contribution in [2.24, 2.45) is 0 Å². The van der Waals surface area contributed by atoms with Gasteiger partial charge in [0.15, 0.2) is 0 Å². The van der Waals surface area contributed by atoms with Crippen molar-refractivity contribution in [3.8, 4) is 0 Å². The van der Waals surface area contributed by atoms with Crippen molar-refractivity contribution < 1.29 is 4.79 Å². The van der Waals surface area contributed by atoms with E-state index in [1.807, 2.05) is 29.2 Å². The van der Waals surface area contributed by atoms with Crippen molar-refractivity contribution in [1.29, 1.82) is 0 Å². The number of amides is 1. The molecule has 140 valence electrons. The number of aromatic nitrogens is 5. The van der Waals surface area contributed by atoms with E-state index in [0.29, 0.717) is 0 Å². The van der Waals surface area contributed by atoms with Gasteiger partial charge in [0, 0.05) is 31.7 Å². The average molecular weight is 365 g/mol. The van der Waals surface area contributed by atoms with Gasteiger partial charge in [0.2, 0.25) is 5.91 Å². The minimum absolute atomic E-state index is 0.0526. The van der Waals surface area contributed by atoms with Gasteiger partial charge in [-0.3, -0.25) is 9.69 Å². The lowest BCUT2D eigenvalue weighted by Gasteiger charge is -2.49. The second-order valence-corrected chi connectivity index (χ2v) is 7.53. The number of likely N-dealkylation sites (tertiary alicyclic amines) is 1. The number of carbonyl (C=O) groups is 1. The fraction of sp³-hybridized carbons (Fsp3) is 0.474. The number of likely N-dealkylation sites (N-methyl/N-ethyl adjacent to an activating group) is 1. The lowest BCUT2D eigenvalue weighted by molar-refractivity contribution is -0.135. The third-order valence-electron chi connectivity index (χ3n) is 6.14. The summed E-state index contributed by atoms with van der Waals surface area (Å²) < 4.78 is 0. The number of nitrogens with zero attached hydrogens (tertiary/aromatic N) is 6. The molecule has 1 aromatic carbocycles. The zero-order chi connectivity index (χ0) is 18.4. The van der Waals surface area contributed by atoms with Crippen LogP contribution in [0.1, 0.15) is 24.2 Å². The number of H-pyrrole nitrogens is 1. The summed E-state index contributed by atoms with van der Waals surface area (Å²) in [4.78, 5) is 26.6. The Morgan fingerprint density at radius 2 is 1.85 bits per heavy atom. The van der Waals surface area contributed by atoms with E-state index in [0.717, 1.165) is 49.9 Å². The molecule has 1 spiro atoms. The highest BCUT2D eigenvalue weighted by molar-refractivity contribution is 5.77. The predicted octanol–water partition coefficient (Wildman–Crippen LogP) is 1.16. The third kappa shape index (κ3) is 2.63. The number of nitrogens with one attached hydrogen (secondary N) is 1. The smallest absolute Gasteiger partial charge is 0.246 e. The van der Waals surface area contributed by atoms with Crippen LogP contribution in [-0.2, 0) is 23.3 Å². The first-order chi connectivity index (χ1) is 13.2. The first-order valence-electron chi connectivity index (χ1n) is 9.47. The molecule has 4 heterocycles. The number of imidazole rings is 1. The summed E-state index contributed by atoms with van der Waals surface area (Å²) in [6.45, 7) is 2.67. The predicted molar refractivity (Wildman–Crippen MR) is 99.9 cm³/mol. The number of fused-ring (bicyclic) bond motifs is 3. The van der Waals surface area contributed by atoms with Gasteiger partial charge in [-0.1, -0.05) is 12.1 Å². The number of aromatic amines is 1. The van der Waals surface area contributed by atoms with Gasteiger partial charge in [-0.25, -0.2) is 4.98 Å². The quantitative estimate of drug-likeness (QED) is 0.737. The molecule has 0 unspecified atom stereocenters. The maximum Gasteiger partial charge on any atom is 0.246 e. The van der Waals surface area contributed by atoms with E-state index < -0.39 is 0 Å². The number of piperidine rings is 1. The first kappa shape index (κ1) is 16.4. The van der Waals surface area contributed by atoms with Gasteiger partial charge >= 0.3 is 0 Å². The Morgan fingerprint density at radius 3 is 2.56 bits per heavy atom. The average Bonchev–Trinajstić information content (AvgIpc) is 3.32. The van der Waals surface area contributed by atoms with Crippen molar-refractivity contribution in [3.63, 3.8) is 0 Å². The molecule has 1 N–H and O–H groups in total. The Kier molecular flexibility index (Phi) is 3.75. The minimum Gasteiger partial charge on any atom is -0.348 e. The zero-order valence-electron chi connectivity index (χ0n) is 15.4. The number of carbonyl (C=O) groups excluding carboxylic acids is 1. The topological polar surface area (TPSA) is 82.9 Å². The highest BCUT2D eigenvalue weighted by Crippen LogP contribution is 2.41. The minimum atomic E-state index is -0.0526. The highest BCUT2D eigenvalue weighted by atomic mass is 16.2. The first-order valence-corrected chi connectivity index (χ1v) is 9.47. The van der Waals surface area contributed by atoms with Gasteiger partial charge in [0.1, 0.15) is 17.6 Å². The molecular formula is C19H23N7O. The van der Waals surface area contributed by atoms with E-state index in [1.54, 1.807) is 6.33 Å². The van der Waals surface area contributed by atoms with Crippen LogP contribution in [0, 0.1) is 0 Å². The second kappa shape index (κ2) is 6.16. The van der Waals surface area contributed by atoms with Gasteiger partial charge in [0.25, 0.3) is 0 Å². The summed E-state index contributed by atoms with van der Waals surface area (Å²) in [5, 5.41) is 8.80. The monoisotopic (exact) mass is 365 g/mol. The van der Waals surface area contributed by atoms with Crippen LogP contribution < -0.4 is 0 Å². The molecule has 27 heavy (non-hydrogen) atoms. The third-order valence-corrected chi connectivity index (χ3v) is 6.14. The Hall–Kier alpha value is -2.74. The Labute approximate surface area is 157 Å². The molecule has 1 fully saturated rings. The van der Waals surface area contributed by atoms with Crippen LogP contribution in [0.3, 0.4) is 0 Å². The van der Waals surface area contributed by atoms with Crippen molar-refractivity contribution >= 4 is 16.9 Å². The lowest BCUT2D eigenvalue weighted by Crippen LogP contribution is -2.56. The largest absolute Gasteiger partial charge is 0.348 e. The van der Waals surface area contributed by atoms with Gasteiger partial charge in [-0.2, -0.15) is 15.0 Å². The van der Waals surface area contributed by atoms with Crippen LogP contribution in [0.5, 0.6) is 0 Å². The van der Waals surface area contributed by atoms with Crippen molar-refractivity contribution in [2.45, 2.75) is 31.3 Å². The summed E-state index contributed by atoms with van der Waals surface area (Å²) in [6, 6.07) is 7.68. The van der Waals surface area contributed by atoms with Gasteiger partial charge < -0.3 is 9.88 Å². The molecule has 0 atom stereocenters. The Bertz CT molecular complexity index is 950. The molecule has 3 aromatic rings. The van der Waals surface area contributed by atoms with Crippen LogP contribution in [-0.4, -0.2) is 67.4 Å². The van der Waals surface area contributed by atoms with Crippen molar-refractivity contribution in [3.05, 3.63) is 42.0 Å². The molecule has 5 rings (SSSR count). The van der Waals surface area contributed by atoms with Gasteiger partial charge in [-0.05, 0) is 32.0 Å². The van der Waals surface area contributed by atoms with Crippen LogP contribution in [0.4, 0.5) is 0 Å². The number of benzene rings is 1. The van der Waals surface area contributed by atoms with E-state index >= 15 is 0 Å². The molecule has 8 nitrogen and oxygen atoms in total. The van der Waals surface area contributed by atoms with Crippen LogP contribution >= 0.6 is 0 Å². The summed E-state index contributed by atoms with van der Waals surface area (Å²) in [5.41, 5.74) is 4.00. The van der Waals surface area contributed by atoms with Crippen LogP contribution in [0.25, 0.3) is 11.0 Å². The van der Waals surface area contributed by atoms with Gasteiger partial charge in [0.05, 0.1) is 17.6 Å². The highest BCUT2D eigenvalue weighted by Gasteiger charge is 2.45. The molecule has 8 heteroatoms. The van der Waals surface area contributed by atoms with Crippen LogP contribution in [0.2, 0.25) is 0 Å². The summed E-state index contributed by atoms with van der Waals surface area (Å²) >= 11 is 0. The second-order valence-electron chi connectivity index (χ2n) is 7.53. The molecule has 1 saturated heterocycles. The van der Waals surface area contributed by atoms with E-state index in [1.165, 1.54) is 16.2 Å². The summed E-state index contributed by atoms with van der Waals surface area (Å²) in [6.07, 6.45) is 4.62. The van der Waals surface area contributed by atoms with E-state index in [9.17, 15) is 4.79 Å². The Morgan fingerprint density at radius 1 is 1.15 bits per heavy atom. The Balaban J connectivity index is 1.30. The molecule has 2 aliphatic rings. The maximum atomic E-state index is 12.8. The number of rotatable bonds is 2.